The number of anilines is 2. The Morgan fingerprint density at radius 2 is 1.65 bits per heavy atom. The highest BCUT2D eigenvalue weighted by Crippen LogP contribution is 2.26. The maximum Gasteiger partial charge on any atom is 0.294 e. The van der Waals surface area contributed by atoms with Crippen LogP contribution in [0.2, 0.25) is 0 Å². The molecule has 8 nitrogen and oxygen atoms in total. The summed E-state index contributed by atoms with van der Waals surface area (Å²) in [4.78, 5) is 24.0. The van der Waals surface area contributed by atoms with Crippen molar-refractivity contribution in [3.63, 3.8) is 0 Å². The lowest BCUT2D eigenvalue weighted by Crippen LogP contribution is -2.18. The smallest absolute Gasteiger partial charge is 0.294 e. The molecule has 0 aliphatic heterocycles. The summed E-state index contributed by atoms with van der Waals surface area (Å²) in [5, 5.41) is 5.85. The molecule has 0 atom stereocenters. The van der Waals surface area contributed by atoms with Crippen molar-refractivity contribution in [3.8, 4) is 0 Å². The van der Waals surface area contributed by atoms with Gasteiger partial charge in [0.2, 0.25) is 6.41 Å². The molecule has 0 bridgehead atoms. The van der Waals surface area contributed by atoms with E-state index in [0.717, 1.165) is 16.8 Å². The fraction of sp³-hybridized carbons (Fsp3) is 0.192. The van der Waals surface area contributed by atoms with Gasteiger partial charge in [0, 0.05) is 18.5 Å². The van der Waals surface area contributed by atoms with Gasteiger partial charge in [0.25, 0.3) is 6.02 Å². The number of nitrogens with zero attached hydrogens (tertiary/aromatic N) is 3. The number of methoxy groups -OCH3 is 1. The molecule has 0 heterocycles. The average Bonchev–Trinajstić information content (AvgIpc) is 2.84. The number of amides is 1. The minimum atomic E-state index is 0.357. The normalized spacial score (nSPS) is 10.7. The number of rotatable bonds is 9. The summed E-state index contributed by atoms with van der Waals surface area (Å²) in [5.41, 5.74) is 5.42. The highest BCUT2D eigenvalue weighted by molar-refractivity contribution is 5.91. The van der Waals surface area contributed by atoms with Gasteiger partial charge in [0.1, 0.15) is 12.6 Å². The minimum Gasteiger partial charge on any atom is -0.462 e. The second-order valence-corrected chi connectivity index (χ2v) is 7.31. The van der Waals surface area contributed by atoms with Crippen LogP contribution in [0, 0.1) is 13.8 Å². The molecule has 3 rings (SSSR count). The van der Waals surface area contributed by atoms with Gasteiger partial charge < -0.3 is 20.1 Å². The zero-order valence-corrected chi connectivity index (χ0v) is 19.4. The Bertz CT molecular complexity index is 1200. The van der Waals surface area contributed by atoms with Crippen LogP contribution in [0.4, 0.5) is 28.4 Å². The molecule has 0 fully saturated rings. The standard InChI is InChI=1S/C26H27N5O3/c1-19-9-11-22(15-24(19)29-18-32)27-17-28-23-12-10-20(2)25(16-23)31-26(34-14-13-33-3)30-21-7-5-4-6-8-21/h4-12,15-16,18H,13-14H2,1-3H3,(H,29,32)(H,30,31). The third-order valence-electron chi connectivity index (χ3n) is 4.76. The fourth-order valence-corrected chi connectivity index (χ4v) is 2.90. The molecule has 34 heavy (non-hydrogen) atoms. The van der Waals surface area contributed by atoms with Gasteiger partial charge in [-0.05, 0) is 61.4 Å². The first-order valence-electron chi connectivity index (χ1n) is 10.7. The third-order valence-corrected chi connectivity index (χ3v) is 4.76. The lowest BCUT2D eigenvalue weighted by Gasteiger charge is -2.12. The van der Waals surface area contributed by atoms with Gasteiger partial charge in [-0.2, -0.15) is 15.0 Å². The van der Waals surface area contributed by atoms with Crippen LogP contribution < -0.4 is 10.6 Å². The molecule has 0 radical (unpaired) electrons. The van der Waals surface area contributed by atoms with Gasteiger partial charge in [0.15, 0.2) is 0 Å². The molecule has 3 aromatic carbocycles. The maximum atomic E-state index is 10.7. The number of hydrogen-bond donors (Lipinski definition) is 2. The van der Waals surface area contributed by atoms with Crippen LogP contribution >= 0.6 is 0 Å². The molecule has 2 N–H and O–H groups in total. The maximum absolute atomic E-state index is 10.7. The predicted octanol–water partition coefficient (Wildman–Crippen LogP) is 5.77. The summed E-state index contributed by atoms with van der Waals surface area (Å²) >= 11 is 0. The summed E-state index contributed by atoms with van der Waals surface area (Å²) in [6, 6.07) is 23.8. The second kappa shape index (κ2) is 12.7. The zero-order valence-electron chi connectivity index (χ0n) is 19.4. The van der Waals surface area contributed by atoms with Gasteiger partial charge in [-0.15, -0.1) is 0 Å². The molecular weight excluding hydrogens is 430 g/mol. The number of ether oxygens (including phenoxy) is 2. The first kappa shape index (κ1) is 24.4. The van der Waals surface area contributed by atoms with Gasteiger partial charge in [-0.25, -0.2) is 0 Å². The van der Waals surface area contributed by atoms with Gasteiger partial charge in [0.05, 0.1) is 23.7 Å². The van der Waals surface area contributed by atoms with Crippen LogP contribution in [0.5, 0.6) is 0 Å². The number of benzene rings is 3. The third kappa shape index (κ3) is 7.41. The Morgan fingerprint density at radius 3 is 2.35 bits per heavy atom. The van der Waals surface area contributed by atoms with Crippen molar-refractivity contribution in [2.75, 3.05) is 31.0 Å². The number of aliphatic imine (C=N–C) groups is 3. The van der Waals surface area contributed by atoms with Crippen molar-refractivity contribution in [3.05, 3.63) is 77.9 Å². The van der Waals surface area contributed by atoms with Crippen LogP contribution in [-0.2, 0) is 14.3 Å². The predicted molar refractivity (Wildman–Crippen MR) is 136 cm³/mol. The van der Waals surface area contributed by atoms with Crippen LogP contribution in [0.25, 0.3) is 0 Å². The van der Waals surface area contributed by atoms with Crippen LogP contribution in [0.3, 0.4) is 0 Å². The molecule has 174 valence electrons. The summed E-state index contributed by atoms with van der Waals surface area (Å²) < 4.78 is 10.9. The van der Waals surface area contributed by atoms with E-state index < -0.39 is 0 Å². The van der Waals surface area contributed by atoms with E-state index in [1.165, 1.54) is 0 Å². The quantitative estimate of drug-likeness (QED) is 0.184. The average molecular weight is 458 g/mol. The number of carbonyl (C=O) groups excluding carboxylic acids is 1. The Morgan fingerprint density at radius 1 is 0.941 bits per heavy atom. The van der Waals surface area contributed by atoms with E-state index in [1.807, 2.05) is 74.5 Å². The first-order chi connectivity index (χ1) is 16.6. The molecule has 0 saturated carbocycles. The van der Waals surface area contributed by atoms with Crippen LogP contribution in [0.15, 0.2) is 81.7 Å². The fourth-order valence-electron chi connectivity index (χ4n) is 2.90. The monoisotopic (exact) mass is 457 g/mol. The Labute approximate surface area is 199 Å². The number of para-hydroxylation sites is 1. The van der Waals surface area contributed by atoms with Crippen LogP contribution in [0.1, 0.15) is 11.1 Å². The molecule has 0 unspecified atom stereocenters. The van der Waals surface area contributed by atoms with Crippen molar-refractivity contribution < 1.29 is 14.3 Å². The van der Waals surface area contributed by atoms with Crippen molar-refractivity contribution in [1.29, 1.82) is 0 Å². The number of nitrogens with one attached hydrogen (secondary N) is 2. The largest absolute Gasteiger partial charge is 0.462 e. The van der Waals surface area contributed by atoms with E-state index in [2.05, 4.69) is 31.6 Å². The number of aryl methyl sites for hydroxylation is 2. The van der Waals surface area contributed by atoms with E-state index in [9.17, 15) is 4.79 Å². The van der Waals surface area contributed by atoms with Crippen LogP contribution in [-0.4, -0.2) is 38.8 Å². The highest BCUT2D eigenvalue weighted by Gasteiger charge is 2.06. The summed E-state index contributed by atoms with van der Waals surface area (Å²) in [6.45, 7) is 4.67. The van der Waals surface area contributed by atoms with Gasteiger partial charge >= 0.3 is 0 Å². The van der Waals surface area contributed by atoms with E-state index >= 15 is 0 Å². The Hall–Kier alpha value is -4.26. The topological polar surface area (TPSA) is 96.7 Å². The number of carbonyl (C=O) groups is 1. The summed E-state index contributed by atoms with van der Waals surface area (Å²) in [7, 11) is 1.62. The molecule has 8 heteroatoms. The Balaban J connectivity index is 1.84. The lowest BCUT2D eigenvalue weighted by molar-refractivity contribution is -0.105. The molecule has 0 aromatic heterocycles. The first-order valence-corrected chi connectivity index (χ1v) is 10.7. The summed E-state index contributed by atoms with van der Waals surface area (Å²) in [6.07, 6.45) is 0.637. The molecular formula is C26H27N5O3. The highest BCUT2D eigenvalue weighted by atomic mass is 16.5. The van der Waals surface area contributed by atoms with Crippen molar-refractivity contribution >= 4 is 46.9 Å². The SMILES string of the molecule is COCCOC(=Nc1cc(N=C=Nc2ccc(C)c(NC=O)c2)ccc1C)Nc1ccccc1. The number of hydrogen-bond acceptors (Lipinski definition) is 6. The van der Waals surface area contributed by atoms with Crippen molar-refractivity contribution in [2.45, 2.75) is 13.8 Å². The molecule has 3 aromatic rings. The zero-order chi connectivity index (χ0) is 24.2. The van der Waals surface area contributed by atoms with Gasteiger partial charge in [-0.1, -0.05) is 30.3 Å². The number of amidine groups is 1. The van der Waals surface area contributed by atoms with E-state index in [4.69, 9.17) is 9.47 Å². The van der Waals surface area contributed by atoms with Crippen molar-refractivity contribution in [1.82, 2.24) is 0 Å². The lowest BCUT2D eigenvalue weighted by atomic mass is 10.2. The molecule has 1 amide bonds. The molecule has 0 spiro atoms. The minimum absolute atomic E-state index is 0.357. The summed E-state index contributed by atoms with van der Waals surface area (Å²) in [5.74, 6) is 0. The van der Waals surface area contributed by atoms with Crippen molar-refractivity contribution in [2.24, 2.45) is 15.0 Å². The second-order valence-electron chi connectivity index (χ2n) is 7.31. The molecule has 0 aliphatic rings. The van der Waals surface area contributed by atoms with E-state index in [0.29, 0.717) is 48.4 Å². The van der Waals surface area contributed by atoms with E-state index in [1.54, 1.807) is 13.2 Å². The van der Waals surface area contributed by atoms with E-state index in [-0.39, 0.29) is 0 Å². The molecule has 0 saturated heterocycles. The molecule has 0 aliphatic carbocycles. The Kier molecular flexibility index (Phi) is 9.10. The van der Waals surface area contributed by atoms with Gasteiger partial charge in [-0.3, -0.25) is 4.79 Å².